The van der Waals surface area contributed by atoms with E-state index in [1.54, 1.807) is 30.0 Å². The second kappa shape index (κ2) is 10.3. The van der Waals surface area contributed by atoms with Crippen LogP contribution in [0.2, 0.25) is 0 Å². The number of rotatable bonds is 8. The van der Waals surface area contributed by atoms with E-state index >= 15 is 0 Å². The summed E-state index contributed by atoms with van der Waals surface area (Å²) in [4.78, 5) is 18.5. The van der Waals surface area contributed by atoms with Crippen LogP contribution in [-0.4, -0.2) is 47.3 Å². The third-order valence-electron chi connectivity index (χ3n) is 6.19. The highest BCUT2D eigenvalue weighted by Crippen LogP contribution is 2.39. The monoisotopic (exact) mass is 481 g/mol. The van der Waals surface area contributed by atoms with Gasteiger partial charge in [0.15, 0.2) is 9.84 Å². The van der Waals surface area contributed by atoms with Crippen LogP contribution in [0, 0.1) is 0 Å². The zero-order valence-electron chi connectivity index (χ0n) is 18.6. The Morgan fingerprint density at radius 1 is 1.00 bits per heavy atom. The molecule has 2 N–H and O–H groups in total. The number of hydrogen-bond donors (Lipinski definition) is 2. The summed E-state index contributed by atoms with van der Waals surface area (Å²) in [6, 6.07) is 19.3. The minimum absolute atomic E-state index is 0.124. The predicted octanol–water partition coefficient (Wildman–Crippen LogP) is 3.58. The molecule has 0 unspecified atom stereocenters. The molecule has 2 heterocycles. The first-order chi connectivity index (χ1) is 16.4. The lowest BCUT2D eigenvalue weighted by molar-refractivity contribution is -0.130. The first-order valence-electron chi connectivity index (χ1n) is 11.0. The number of aromatic nitrogens is 1. The van der Waals surface area contributed by atoms with Crippen molar-refractivity contribution in [2.75, 3.05) is 13.1 Å². The number of para-hydroxylation sites is 1. The van der Waals surface area contributed by atoms with Gasteiger partial charge in [0.2, 0.25) is 5.91 Å². The number of amides is 1. The van der Waals surface area contributed by atoms with Crippen LogP contribution in [0.25, 0.3) is 0 Å². The van der Waals surface area contributed by atoms with Gasteiger partial charge < -0.3 is 4.74 Å². The molecule has 8 nitrogen and oxygen atoms in total. The molecule has 0 atom stereocenters. The largest absolute Gasteiger partial charge is 0.457 e. The molecule has 34 heavy (non-hydrogen) atoms. The molecule has 1 aliphatic rings. The highest BCUT2D eigenvalue weighted by atomic mass is 32.2. The van der Waals surface area contributed by atoms with Crippen molar-refractivity contribution in [1.82, 2.24) is 15.4 Å². The molecule has 0 radical (unpaired) electrons. The summed E-state index contributed by atoms with van der Waals surface area (Å²) in [5.41, 5.74) is 2.64. The Morgan fingerprint density at radius 2 is 1.68 bits per heavy atom. The molecule has 4 rings (SSSR count). The van der Waals surface area contributed by atoms with E-state index < -0.39 is 20.5 Å². The number of hydrogen-bond acceptors (Lipinski definition) is 7. The number of hydroxylamine groups is 1. The molecule has 0 bridgehead atoms. The number of benzene rings is 2. The van der Waals surface area contributed by atoms with E-state index in [0.717, 1.165) is 5.56 Å². The number of sulfone groups is 1. The number of carbonyl (C=O) groups excluding carboxylic acids is 1. The minimum Gasteiger partial charge on any atom is -0.457 e. The van der Waals surface area contributed by atoms with E-state index in [1.165, 1.54) is 12.1 Å². The minimum atomic E-state index is -3.88. The number of nitrogens with one attached hydrogen (secondary N) is 1. The van der Waals surface area contributed by atoms with Crippen molar-refractivity contribution >= 4 is 15.7 Å². The lowest BCUT2D eigenvalue weighted by Crippen LogP contribution is -2.51. The summed E-state index contributed by atoms with van der Waals surface area (Å²) < 4.78 is 32.0. The molecule has 1 fully saturated rings. The molecule has 9 heteroatoms. The summed E-state index contributed by atoms with van der Waals surface area (Å²) >= 11 is 0. The Hall–Kier alpha value is -3.27. The van der Waals surface area contributed by atoms with Crippen LogP contribution < -0.4 is 10.2 Å². The molecule has 1 amide bonds. The fourth-order valence-corrected chi connectivity index (χ4v) is 6.34. The fraction of sp³-hybridized carbons (Fsp3) is 0.280. The molecule has 1 aromatic heterocycles. The molecule has 178 valence electrons. The number of piperidine rings is 1. The zero-order chi connectivity index (χ0) is 24.0. The van der Waals surface area contributed by atoms with Crippen molar-refractivity contribution in [3.8, 4) is 11.5 Å². The van der Waals surface area contributed by atoms with Crippen LogP contribution in [0.15, 0.2) is 84.0 Å². The van der Waals surface area contributed by atoms with Gasteiger partial charge in [-0.25, -0.2) is 13.9 Å². The van der Waals surface area contributed by atoms with E-state index in [-0.39, 0.29) is 24.2 Å². The van der Waals surface area contributed by atoms with Gasteiger partial charge >= 0.3 is 0 Å². The Labute approximate surface area is 199 Å². The van der Waals surface area contributed by atoms with Crippen molar-refractivity contribution in [1.29, 1.82) is 0 Å². The van der Waals surface area contributed by atoms with Crippen molar-refractivity contribution in [3.63, 3.8) is 0 Å². The van der Waals surface area contributed by atoms with Crippen molar-refractivity contribution < 1.29 is 23.2 Å². The smallest absolute Gasteiger partial charge is 0.244 e. The molecule has 0 spiro atoms. The SMILES string of the molecule is O=C(CC1(S(=O)(=O)c2ccc(Oc3ccccc3)cc2)CCN(Cc2cccnc2)CC1)NO. The number of ether oxygens (including phenoxy) is 1. The van der Waals surface area contributed by atoms with Crippen LogP contribution >= 0.6 is 0 Å². The van der Waals surface area contributed by atoms with Gasteiger partial charge in [0.25, 0.3) is 0 Å². The average Bonchev–Trinajstić information content (AvgIpc) is 2.87. The van der Waals surface area contributed by atoms with Gasteiger partial charge in [-0.2, -0.15) is 0 Å². The number of pyridine rings is 1. The van der Waals surface area contributed by atoms with Crippen molar-refractivity contribution in [2.24, 2.45) is 0 Å². The Bertz CT molecular complexity index is 1190. The normalized spacial score (nSPS) is 16.0. The van der Waals surface area contributed by atoms with E-state index in [0.29, 0.717) is 31.1 Å². The van der Waals surface area contributed by atoms with Crippen molar-refractivity contribution in [2.45, 2.75) is 35.4 Å². The summed E-state index contributed by atoms with van der Waals surface area (Å²) in [6.45, 7) is 1.66. The summed E-state index contributed by atoms with van der Waals surface area (Å²) in [7, 11) is -3.88. The Morgan fingerprint density at radius 3 is 2.29 bits per heavy atom. The first kappa shape index (κ1) is 23.9. The molecule has 2 aromatic carbocycles. The molecule has 0 aliphatic carbocycles. The number of likely N-dealkylation sites (tertiary alicyclic amines) is 1. The molecular weight excluding hydrogens is 454 g/mol. The summed E-state index contributed by atoms with van der Waals surface area (Å²) in [5, 5.41) is 9.11. The lowest BCUT2D eigenvalue weighted by Gasteiger charge is -2.40. The van der Waals surface area contributed by atoms with Gasteiger partial charge in [0, 0.05) is 38.4 Å². The maximum absolute atomic E-state index is 13.8. The first-order valence-corrected chi connectivity index (χ1v) is 12.5. The molecular formula is C25H27N3O5S. The van der Waals surface area contributed by atoms with Gasteiger partial charge in [-0.3, -0.25) is 19.9 Å². The summed E-state index contributed by atoms with van der Waals surface area (Å²) in [6.07, 6.45) is 3.73. The van der Waals surface area contributed by atoms with Crippen LogP contribution in [0.4, 0.5) is 0 Å². The zero-order valence-corrected chi connectivity index (χ0v) is 19.4. The van der Waals surface area contributed by atoms with Crippen LogP contribution in [0.3, 0.4) is 0 Å². The standard InChI is InChI=1S/C25H27N3O5S/c29-24(27-30)17-25(12-15-28(16-13-25)19-20-5-4-14-26-18-20)34(31,32)23-10-8-22(9-11-23)33-21-6-2-1-3-7-21/h1-11,14,18,30H,12-13,15-17,19H2,(H,27,29). The second-order valence-corrected chi connectivity index (χ2v) is 10.8. The van der Waals surface area contributed by atoms with Gasteiger partial charge in [-0.1, -0.05) is 24.3 Å². The van der Waals surface area contributed by atoms with Crippen LogP contribution in [0.5, 0.6) is 11.5 Å². The van der Waals surface area contributed by atoms with E-state index in [2.05, 4.69) is 9.88 Å². The van der Waals surface area contributed by atoms with E-state index in [1.807, 2.05) is 42.5 Å². The topological polar surface area (TPSA) is 109 Å². The quantitative estimate of drug-likeness (QED) is 0.374. The van der Waals surface area contributed by atoms with Crippen LogP contribution in [-0.2, 0) is 21.2 Å². The van der Waals surface area contributed by atoms with E-state index in [4.69, 9.17) is 9.94 Å². The average molecular weight is 482 g/mol. The third-order valence-corrected chi connectivity index (χ3v) is 8.77. The van der Waals surface area contributed by atoms with E-state index in [9.17, 15) is 13.2 Å². The highest BCUT2D eigenvalue weighted by molar-refractivity contribution is 7.92. The van der Waals surface area contributed by atoms with Gasteiger partial charge in [0.1, 0.15) is 11.5 Å². The second-order valence-electron chi connectivity index (χ2n) is 8.42. The van der Waals surface area contributed by atoms with Gasteiger partial charge in [-0.15, -0.1) is 0 Å². The van der Waals surface area contributed by atoms with Crippen LogP contribution in [0.1, 0.15) is 24.8 Å². The maximum atomic E-state index is 13.8. The Kier molecular flexibility index (Phi) is 7.26. The lowest BCUT2D eigenvalue weighted by atomic mass is 9.91. The summed E-state index contributed by atoms with van der Waals surface area (Å²) in [5.74, 6) is 0.446. The molecule has 3 aromatic rings. The fourth-order valence-electron chi connectivity index (χ4n) is 4.30. The molecule has 1 aliphatic heterocycles. The molecule has 0 saturated carbocycles. The predicted molar refractivity (Wildman–Crippen MR) is 126 cm³/mol. The Balaban J connectivity index is 1.53. The number of carbonyl (C=O) groups is 1. The molecule has 1 saturated heterocycles. The number of nitrogens with zero attached hydrogens (tertiary/aromatic N) is 2. The highest BCUT2D eigenvalue weighted by Gasteiger charge is 2.48. The third kappa shape index (κ3) is 5.27. The maximum Gasteiger partial charge on any atom is 0.244 e. The van der Waals surface area contributed by atoms with Gasteiger partial charge in [-0.05, 0) is 60.9 Å². The van der Waals surface area contributed by atoms with Crippen molar-refractivity contribution in [3.05, 3.63) is 84.7 Å². The van der Waals surface area contributed by atoms with Gasteiger partial charge in [0.05, 0.1) is 9.64 Å².